The van der Waals surface area contributed by atoms with Crippen LogP contribution in [0, 0.1) is 0 Å². The molecule has 1 unspecified atom stereocenters. The molecule has 0 spiro atoms. The van der Waals surface area contributed by atoms with Gasteiger partial charge in [-0.3, -0.25) is 4.79 Å². The molecule has 1 atom stereocenters. The third kappa shape index (κ3) is 4.48. The van der Waals surface area contributed by atoms with E-state index in [2.05, 4.69) is 20.7 Å². The zero-order valence-electron chi connectivity index (χ0n) is 10.8. The summed E-state index contributed by atoms with van der Waals surface area (Å²) in [4.78, 5) is 11.5. The van der Waals surface area contributed by atoms with Crippen LogP contribution in [-0.2, 0) is 16.6 Å². The van der Waals surface area contributed by atoms with Crippen LogP contribution in [0.3, 0.4) is 0 Å². The Bertz CT molecular complexity index is 769. The first-order valence-electron chi connectivity index (χ1n) is 5.97. The van der Waals surface area contributed by atoms with E-state index >= 15 is 0 Å². The summed E-state index contributed by atoms with van der Waals surface area (Å²) in [6, 6.07) is 7.76. The first-order valence-corrected chi connectivity index (χ1v) is 9.06. The van der Waals surface area contributed by atoms with Crippen LogP contribution in [0.15, 0.2) is 49.3 Å². The molecule has 114 valence electrons. The fourth-order valence-corrected chi connectivity index (χ4v) is 4.75. The summed E-state index contributed by atoms with van der Waals surface area (Å²) in [7, 11) is -3.65. The molecule has 0 aliphatic carbocycles. The zero-order chi connectivity index (χ0) is 15.5. The van der Waals surface area contributed by atoms with Crippen molar-refractivity contribution in [2.75, 3.05) is 6.54 Å². The van der Waals surface area contributed by atoms with E-state index in [1.54, 1.807) is 18.2 Å². The van der Waals surface area contributed by atoms with Crippen molar-refractivity contribution < 1.29 is 13.5 Å². The summed E-state index contributed by atoms with van der Waals surface area (Å²) >= 11 is 4.28. The fourth-order valence-electron chi connectivity index (χ4n) is 1.62. The van der Waals surface area contributed by atoms with Crippen LogP contribution in [0.1, 0.15) is 0 Å². The van der Waals surface area contributed by atoms with E-state index in [0.29, 0.717) is 3.79 Å². The van der Waals surface area contributed by atoms with Crippen molar-refractivity contribution in [3.63, 3.8) is 0 Å². The molecule has 6 nitrogen and oxygen atoms in total. The third-order valence-corrected chi connectivity index (χ3v) is 6.17. The van der Waals surface area contributed by atoms with Crippen LogP contribution in [0.25, 0.3) is 0 Å². The number of hydrogen-bond donors (Lipinski definition) is 2. The molecule has 0 radical (unpaired) electrons. The number of aromatic nitrogens is 1. The molecule has 0 fully saturated rings. The number of nitrogens with zero attached hydrogens (tertiary/aromatic N) is 1. The molecule has 2 aromatic rings. The van der Waals surface area contributed by atoms with Gasteiger partial charge in [-0.25, -0.2) is 13.1 Å². The minimum absolute atomic E-state index is 0.0241. The SMILES string of the molecule is O=c1ccccn1CC(O)CNS(=O)(=O)c1ccc(Br)s1. The molecule has 0 aliphatic heterocycles. The van der Waals surface area contributed by atoms with Crippen LogP contribution in [-0.4, -0.2) is 30.7 Å². The molecule has 2 aromatic heterocycles. The summed E-state index contributed by atoms with van der Waals surface area (Å²) in [6.45, 7) is -0.143. The van der Waals surface area contributed by atoms with Gasteiger partial charge in [0.15, 0.2) is 0 Å². The molecule has 0 saturated carbocycles. The van der Waals surface area contributed by atoms with Crippen molar-refractivity contribution in [3.8, 4) is 0 Å². The Morgan fingerprint density at radius 3 is 2.71 bits per heavy atom. The van der Waals surface area contributed by atoms with Crippen molar-refractivity contribution in [3.05, 3.63) is 50.7 Å². The maximum Gasteiger partial charge on any atom is 0.250 e. The third-order valence-electron chi connectivity index (χ3n) is 2.63. The van der Waals surface area contributed by atoms with Gasteiger partial charge in [0.25, 0.3) is 5.56 Å². The maximum absolute atomic E-state index is 12.0. The predicted octanol–water partition coefficient (Wildman–Crippen LogP) is 1.01. The van der Waals surface area contributed by atoms with Gasteiger partial charge < -0.3 is 9.67 Å². The van der Waals surface area contributed by atoms with Gasteiger partial charge >= 0.3 is 0 Å². The molecule has 0 bridgehead atoms. The highest BCUT2D eigenvalue weighted by Crippen LogP contribution is 2.25. The number of rotatable bonds is 6. The highest BCUT2D eigenvalue weighted by Gasteiger charge is 2.18. The van der Waals surface area contributed by atoms with Gasteiger partial charge in [-0.2, -0.15) is 0 Å². The van der Waals surface area contributed by atoms with Crippen molar-refractivity contribution >= 4 is 37.3 Å². The molecule has 9 heteroatoms. The zero-order valence-corrected chi connectivity index (χ0v) is 14.0. The summed E-state index contributed by atoms with van der Waals surface area (Å²) in [5.41, 5.74) is -0.249. The van der Waals surface area contributed by atoms with Crippen molar-refractivity contribution in [2.24, 2.45) is 0 Å². The van der Waals surface area contributed by atoms with Crippen LogP contribution in [0.5, 0.6) is 0 Å². The van der Waals surface area contributed by atoms with Crippen LogP contribution in [0.2, 0.25) is 0 Å². The lowest BCUT2D eigenvalue weighted by Crippen LogP contribution is -2.36. The number of pyridine rings is 1. The maximum atomic E-state index is 12.0. The fraction of sp³-hybridized carbons (Fsp3) is 0.250. The summed E-state index contributed by atoms with van der Waals surface area (Å²) < 4.78 is 28.5. The van der Waals surface area contributed by atoms with Gasteiger partial charge in [0, 0.05) is 18.8 Å². The standard InChI is InChI=1S/C12H13BrN2O4S2/c13-10-4-5-12(20-10)21(18,19)14-7-9(16)8-15-6-2-1-3-11(15)17/h1-6,9,14,16H,7-8H2. The average Bonchev–Trinajstić information content (AvgIpc) is 2.87. The first kappa shape index (κ1) is 16.4. The van der Waals surface area contributed by atoms with Crippen LogP contribution < -0.4 is 10.3 Å². The van der Waals surface area contributed by atoms with Crippen molar-refractivity contribution in [1.82, 2.24) is 9.29 Å². The Labute approximate surface area is 134 Å². The second kappa shape index (κ2) is 6.84. The molecule has 0 amide bonds. The average molecular weight is 393 g/mol. The Morgan fingerprint density at radius 1 is 1.33 bits per heavy atom. The van der Waals surface area contributed by atoms with E-state index in [-0.39, 0.29) is 22.9 Å². The Hall–Kier alpha value is -1.000. The van der Waals surface area contributed by atoms with Crippen molar-refractivity contribution in [2.45, 2.75) is 16.9 Å². The molecule has 21 heavy (non-hydrogen) atoms. The minimum Gasteiger partial charge on any atom is -0.390 e. The van der Waals surface area contributed by atoms with E-state index in [4.69, 9.17) is 0 Å². The highest BCUT2D eigenvalue weighted by atomic mass is 79.9. The van der Waals surface area contributed by atoms with Gasteiger partial charge in [0.05, 0.1) is 16.4 Å². The number of sulfonamides is 1. The molecular formula is C12H13BrN2O4S2. The first-order chi connectivity index (χ1) is 9.88. The minimum atomic E-state index is -3.65. The molecule has 2 rings (SSSR count). The van der Waals surface area contributed by atoms with E-state index in [9.17, 15) is 18.3 Å². The lowest BCUT2D eigenvalue weighted by atomic mass is 10.3. The largest absolute Gasteiger partial charge is 0.390 e. The molecule has 2 heterocycles. The topological polar surface area (TPSA) is 88.4 Å². The predicted molar refractivity (Wildman–Crippen MR) is 83.9 cm³/mol. The van der Waals surface area contributed by atoms with E-state index in [1.807, 2.05) is 0 Å². The number of thiophene rings is 1. The van der Waals surface area contributed by atoms with Crippen LogP contribution in [0.4, 0.5) is 0 Å². The smallest absolute Gasteiger partial charge is 0.250 e. The van der Waals surface area contributed by atoms with Gasteiger partial charge in [-0.1, -0.05) is 6.07 Å². The highest BCUT2D eigenvalue weighted by molar-refractivity contribution is 9.11. The summed E-state index contributed by atoms with van der Waals surface area (Å²) in [5.74, 6) is 0. The van der Waals surface area contributed by atoms with E-state index in [0.717, 1.165) is 11.3 Å². The lowest BCUT2D eigenvalue weighted by Gasteiger charge is -2.13. The van der Waals surface area contributed by atoms with E-state index < -0.39 is 16.1 Å². The molecule has 0 saturated heterocycles. The lowest BCUT2D eigenvalue weighted by molar-refractivity contribution is 0.156. The van der Waals surface area contributed by atoms with Gasteiger partial charge in [-0.05, 0) is 34.1 Å². The Kier molecular flexibility index (Phi) is 5.33. The van der Waals surface area contributed by atoms with Gasteiger partial charge in [0.1, 0.15) is 4.21 Å². The molecule has 2 N–H and O–H groups in total. The number of hydrogen-bond acceptors (Lipinski definition) is 5. The second-order valence-electron chi connectivity index (χ2n) is 4.26. The number of halogens is 1. The van der Waals surface area contributed by atoms with Gasteiger partial charge in [-0.15, -0.1) is 11.3 Å². The van der Waals surface area contributed by atoms with Crippen LogP contribution >= 0.6 is 27.3 Å². The summed E-state index contributed by atoms with van der Waals surface area (Å²) in [6.07, 6.45) is 0.541. The Balaban J connectivity index is 1.97. The second-order valence-corrected chi connectivity index (χ2v) is 8.71. The Morgan fingerprint density at radius 2 is 2.10 bits per heavy atom. The summed E-state index contributed by atoms with van der Waals surface area (Å²) in [5, 5.41) is 9.85. The molecule has 0 aromatic carbocycles. The van der Waals surface area contributed by atoms with Crippen molar-refractivity contribution in [1.29, 1.82) is 0 Å². The van der Waals surface area contributed by atoms with Gasteiger partial charge in [0.2, 0.25) is 10.0 Å². The molecular weight excluding hydrogens is 380 g/mol. The monoisotopic (exact) mass is 392 g/mol. The number of aliphatic hydroxyl groups excluding tert-OH is 1. The molecule has 0 aliphatic rings. The normalized spacial score (nSPS) is 13.2. The number of nitrogens with one attached hydrogen (secondary N) is 1. The number of aliphatic hydroxyl groups is 1. The quantitative estimate of drug-likeness (QED) is 0.767. The van der Waals surface area contributed by atoms with E-state index in [1.165, 1.54) is 22.9 Å².